The Kier molecular flexibility index (Phi) is 3.11. The van der Waals surface area contributed by atoms with Gasteiger partial charge < -0.3 is 5.32 Å². The quantitative estimate of drug-likeness (QED) is 0.861. The summed E-state index contributed by atoms with van der Waals surface area (Å²) in [6.45, 7) is 10.1. The van der Waals surface area contributed by atoms with Crippen LogP contribution in [0.4, 0.5) is 0 Å². The molecule has 1 aliphatic rings. The van der Waals surface area contributed by atoms with Crippen molar-refractivity contribution in [2.24, 2.45) is 5.92 Å². The van der Waals surface area contributed by atoms with Gasteiger partial charge in [-0.15, -0.1) is 11.3 Å². The highest BCUT2D eigenvalue weighted by atomic mass is 35.5. The number of hydrogen-bond donors (Lipinski definition) is 1. The minimum Gasteiger partial charge on any atom is -0.312 e. The SMILES string of the molecule is CC(C)(C)NCC1CC1(C)c1ccc(Cl)s1. The maximum Gasteiger partial charge on any atom is 0.0931 e. The maximum atomic E-state index is 5.99. The topological polar surface area (TPSA) is 12.0 Å². The van der Waals surface area contributed by atoms with E-state index in [4.69, 9.17) is 11.6 Å². The number of halogens is 1. The van der Waals surface area contributed by atoms with Gasteiger partial charge in [-0.25, -0.2) is 0 Å². The van der Waals surface area contributed by atoms with Gasteiger partial charge in [-0.1, -0.05) is 18.5 Å². The maximum absolute atomic E-state index is 5.99. The van der Waals surface area contributed by atoms with Gasteiger partial charge in [-0.2, -0.15) is 0 Å². The fourth-order valence-electron chi connectivity index (χ4n) is 2.10. The van der Waals surface area contributed by atoms with Crippen molar-refractivity contribution >= 4 is 22.9 Å². The summed E-state index contributed by atoms with van der Waals surface area (Å²) in [7, 11) is 0. The van der Waals surface area contributed by atoms with Gasteiger partial charge in [-0.05, 0) is 51.8 Å². The zero-order chi connectivity index (χ0) is 12.0. The van der Waals surface area contributed by atoms with Gasteiger partial charge in [0, 0.05) is 15.8 Å². The molecule has 0 spiro atoms. The molecule has 2 unspecified atom stereocenters. The summed E-state index contributed by atoms with van der Waals surface area (Å²) >= 11 is 7.73. The van der Waals surface area contributed by atoms with E-state index in [0.717, 1.165) is 16.8 Å². The molecule has 1 aromatic heterocycles. The van der Waals surface area contributed by atoms with Crippen LogP contribution in [0.5, 0.6) is 0 Å². The second-order valence-electron chi connectivity index (χ2n) is 6.05. The molecule has 3 heteroatoms. The Morgan fingerprint density at radius 2 is 2.19 bits per heavy atom. The number of thiophene rings is 1. The number of nitrogens with one attached hydrogen (secondary N) is 1. The molecule has 0 aromatic carbocycles. The van der Waals surface area contributed by atoms with Crippen molar-refractivity contribution in [3.63, 3.8) is 0 Å². The standard InChI is InChI=1S/C13H20ClNS/c1-12(2,3)15-8-9-7-13(9,4)10-5-6-11(14)16-10/h5-6,9,15H,7-8H2,1-4H3. The van der Waals surface area contributed by atoms with E-state index in [1.165, 1.54) is 11.3 Å². The van der Waals surface area contributed by atoms with Gasteiger partial charge in [-0.3, -0.25) is 0 Å². The van der Waals surface area contributed by atoms with Crippen molar-refractivity contribution in [2.75, 3.05) is 6.54 Å². The third-order valence-electron chi connectivity index (χ3n) is 3.43. The summed E-state index contributed by atoms with van der Waals surface area (Å²) in [5.74, 6) is 0.765. The van der Waals surface area contributed by atoms with E-state index < -0.39 is 0 Å². The molecule has 1 aliphatic carbocycles. The highest BCUT2D eigenvalue weighted by Gasteiger charge is 2.51. The summed E-state index contributed by atoms with van der Waals surface area (Å²) < 4.78 is 0.908. The molecule has 2 atom stereocenters. The Morgan fingerprint density at radius 1 is 1.50 bits per heavy atom. The van der Waals surface area contributed by atoms with Crippen LogP contribution >= 0.6 is 22.9 Å². The van der Waals surface area contributed by atoms with Gasteiger partial charge in [0.25, 0.3) is 0 Å². The minimum atomic E-state index is 0.219. The molecule has 1 aromatic rings. The molecule has 16 heavy (non-hydrogen) atoms. The molecule has 0 bridgehead atoms. The highest BCUT2D eigenvalue weighted by molar-refractivity contribution is 7.16. The molecule has 0 radical (unpaired) electrons. The second kappa shape index (κ2) is 4.01. The van der Waals surface area contributed by atoms with Gasteiger partial charge in [0.2, 0.25) is 0 Å². The van der Waals surface area contributed by atoms with Crippen molar-refractivity contribution in [1.29, 1.82) is 0 Å². The molecule has 1 fully saturated rings. The molecule has 1 saturated carbocycles. The fourth-order valence-corrected chi connectivity index (χ4v) is 3.38. The molecule has 1 N–H and O–H groups in total. The minimum absolute atomic E-state index is 0.219. The summed E-state index contributed by atoms with van der Waals surface area (Å²) in [6.07, 6.45) is 1.28. The number of rotatable bonds is 3. The second-order valence-corrected chi connectivity index (χ2v) is 7.77. The van der Waals surface area contributed by atoms with E-state index in [1.807, 2.05) is 6.07 Å². The van der Waals surface area contributed by atoms with Crippen molar-refractivity contribution < 1.29 is 0 Å². The first-order valence-corrected chi connectivity index (χ1v) is 7.01. The molecule has 0 amide bonds. The first kappa shape index (κ1) is 12.4. The predicted octanol–water partition coefficient (Wildman–Crippen LogP) is 4.07. The fraction of sp³-hybridized carbons (Fsp3) is 0.692. The van der Waals surface area contributed by atoms with E-state index in [-0.39, 0.29) is 5.54 Å². The summed E-state index contributed by atoms with van der Waals surface area (Å²) in [5.41, 5.74) is 0.590. The van der Waals surface area contributed by atoms with Crippen molar-refractivity contribution in [3.05, 3.63) is 21.3 Å². The van der Waals surface area contributed by atoms with Crippen molar-refractivity contribution in [3.8, 4) is 0 Å². The van der Waals surface area contributed by atoms with E-state index in [9.17, 15) is 0 Å². The Morgan fingerprint density at radius 3 is 2.69 bits per heavy atom. The lowest BCUT2D eigenvalue weighted by molar-refractivity contribution is 0.407. The molecule has 0 aliphatic heterocycles. The molecule has 1 nitrogen and oxygen atoms in total. The molecule has 1 heterocycles. The van der Waals surface area contributed by atoms with E-state index in [1.54, 1.807) is 11.3 Å². The van der Waals surface area contributed by atoms with Crippen LogP contribution in [0.25, 0.3) is 0 Å². The Balaban J connectivity index is 1.94. The Labute approximate surface area is 107 Å². The lowest BCUT2D eigenvalue weighted by Crippen LogP contribution is -2.37. The average molecular weight is 258 g/mol. The van der Waals surface area contributed by atoms with Crippen molar-refractivity contribution in [2.45, 2.75) is 45.1 Å². The van der Waals surface area contributed by atoms with Crippen LogP contribution in [0.2, 0.25) is 4.34 Å². The molecular weight excluding hydrogens is 238 g/mol. The molecule has 2 rings (SSSR count). The Bertz CT molecular complexity index is 380. The predicted molar refractivity (Wildman–Crippen MR) is 72.5 cm³/mol. The van der Waals surface area contributed by atoms with Crippen LogP contribution in [0.1, 0.15) is 39.0 Å². The molecule has 90 valence electrons. The van der Waals surface area contributed by atoms with Crippen LogP contribution in [0, 0.1) is 5.92 Å². The summed E-state index contributed by atoms with van der Waals surface area (Å²) in [5, 5.41) is 3.59. The lowest BCUT2D eigenvalue weighted by atomic mass is 10.0. The van der Waals surface area contributed by atoms with Gasteiger partial charge in [0.1, 0.15) is 0 Å². The van der Waals surface area contributed by atoms with Crippen LogP contribution in [-0.2, 0) is 5.41 Å². The first-order chi connectivity index (χ1) is 7.31. The molecule has 0 saturated heterocycles. The highest BCUT2D eigenvalue weighted by Crippen LogP contribution is 2.55. The number of hydrogen-bond acceptors (Lipinski definition) is 2. The largest absolute Gasteiger partial charge is 0.312 e. The Hall–Kier alpha value is -0.0500. The van der Waals surface area contributed by atoms with Crippen LogP contribution in [0.15, 0.2) is 12.1 Å². The normalized spacial score (nSPS) is 29.4. The molecular formula is C13H20ClNS. The summed E-state index contributed by atoms with van der Waals surface area (Å²) in [6, 6.07) is 4.20. The third kappa shape index (κ3) is 2.61. The van der Waals surface area contributed by atoms with Crippen LogP contribution < -0.4 is 5.32 Å². The third-order valence-corrected chi connectivity index (χ3v) is 4.94. The lowest BCUT2D eigenvalue weighted by Gasteiger charge is -2.21. The van der Waals surface area contributed by atoms with Crippen molar-refractivity contribution in [1.82, 2.24) is 5.32 Å². The first-order valence-electron chi connectivity index (χ1n) is 5.82. The van der Waals surface area contributed by atoms with E-state index >= 15 is 0 Å². The smallest absolute Gasteiger partial charge is 0.0931 e. The van der Waals surface area contributed by atoms with Gasteiger partial charge in [0.15, 0.2) is 0 Å². The summed E-state index contributed by atoms with van der Waals surface area (Å²) in [4.78, 5) is 1.44. The van der Waals surface area contributed by atoms with Gasteiger partial charge in [0.05, 0.1) is 4.34 Å². The van der Waals surface area contributed by atoms with Crippen LogP contribution in [0.3, 0.4) is 0 Å². The van der Waals surface area contributed by atoms with Crippen LogP contribution in [-0.4, -0.2) is 12.1 Å². The van der Waals surface area contributed by atoms with E-state index in [2.05, 4.69) is 39.1 Å². The average Bonchev–Trinajstić information content (AvgIpc) is 2.59. The monoisotopic (exact) mass is 257 g/mol. The van der Waals surface area contributed by atoms with Gasteiger partial charge >= 0.3 is 0 Å². The zero-order valence-electron chi connectivity index (χ0n) is 10.4. The zero-order valence-corrected chi connectivity index (χ0v) is 12.0. The van der Waals surface area contributed by atoms with E-state index in [0.29, 0.717) is 5.41 Å².